The second-order valence-electron chi connectivity index (χ2n) is 10.3. The highest BCUT2D eigenvalue weighted by molar-refractivity contribution is 7.89. The van der Waals surface area contributed by atoms with Gasteiger partial charge in [-0.05, 0) is 67.6 Å². The van der Waals surface area contributed by atoms with Gasteiger partial charge in [0.1, 0.15) is 11.9 Å². The van der Waals surface area contributed by atoms with Gasteiger partial charge in [0.15, 0.2) is 0 Å². The van der Waals surface area contributed by atoms with Crippen molar-refractivity contribution in [3.8, 4) is 11.1 Å². The van der Waals surface area contributed by atoms with Gasteiger partial charge in [-0.2, -0.15) is 0 Å². The molecular weight excluding hydrogens is 507 g/mol. The van der Waals surface area contributed by atoms with Crippen LogP contribution >= 0.6 is 0 Å². The minimum absolute atomic E-state index is 0.0191. The van der Waals surface area contributed by atoms with Gasteiger partial charge in [-0.3, -0.25) is 9.59 Å². The van der Waals surface area contributed by atoms with E-state index in [0.717, 1.165) is 5.56 Å². The number of primary sulfonamides is 1. The van der Waals surface area contributed by atoms with Gasteiger partial charge in [-0.25, -0.2) is 17.9 Å². The molecule has 200 valence electrons. The SMILES string of the molecule is CC(C)(N)CC(=O)N[C@@H]1CCc2cc(F)ccc2N(Cc2ccc(-c3ccccc3S(N)(=O)=O)cc2)C1=O. The van der Waals surface area contributed by atoms with Crippen LogP contribution in [0.4, 0.5) is 10.1 Å². The van der Waals surface area contributed by atoms with E-state index in [1.54, 1.807) is 67.3 Å². The molecule has 1 heterocycles. The first-order valence-electron chi connectivity index (χ1n) is 12.2. The predicted molar refractivity (Wildman–Crippen MR) is 144 cm³/mol. The van der Waals surface area contributed by atoms with E-state index in [2.05, 4.69) is 5.32 Å². The van der Waals surface area contributed by atoms with Crippen LogP contribution in [0.3, 0.4) is 0 Å². The third kappa shape index (κ3) is 6.45. The van der Waals surface area contributed by atoms with E-state index in [-0.39, 0.29) is 29.7 Å². The van der Waals surface area contributed by atoms with Gasteiger partial charge in [-0.1, -0.05) is 42.5 Å². The number of halogens is 1. The van der Waals surface area contributed by atoms with Gasteiger partial charge in [0.25, 0.3) is 0 Å². The lowest BCUT2D eigenvalue weighted by molar-refractivity contribution is -0.128. The van der Waals surface area contributed by atoms with E-state index in [1.807, 2.05) is 0 Å². The van der Waals surface area contributed by atoms with Gasteiger partial charge in [0.05, 0.1) is 11.4 Å². The van der Waals surface area contributed by atoms with E-state index < -0.39 is 27.4 Å². The number of rotatable bonds is 7. The molecule has 0 aliphatic carbocycles. The molecule has 38 heavy (non-hydrogen) atoms. The highest BCUT2D eigenvalue weighted by atomic mass is 32.2. The topological polar surface area (TPSA) is 136 Å². The molecule has 3 aromatic rings. The maximum absolute atomic E-state index is 14.1. The third-order valence-electron chi connectivity index (χ3n) is 6.35. The highest BCUT2D eigenvalue weighted by Crippen LogP contribution is 2.31. The molecule has 4 rings (SSSR count). The van der Waals surface area contributed by atoms with Gasteiger partial charge < -0.3 is 16.0 Å². The molecule has 0 saturated carbocycles. The number of sulfonamides is 1. The fourth-order valence-electron chi connectivity index (χ4n) is 4.63. The van der Waals surface area contributed by atoms with Gasteiger partial charge in [0, 0.05) is 23.2 Å². The van der Waals surface area contributed by atoms with Gasteiger partial charge >= 0.3 is 0 Å². The summed E-state index contributed by atoms with van der Waals surface area (Å²) in [5, 5.41) is 8.19. The second-order valence-corrected chi connectivity index (χ2v) is 11.8. The standard InChI is InChI=1S/C28H31FN4O4S/c1-28(2,30)16-26(34)32-23-13-11-20-15-21(29)12-14-24(20)33(27(23)35)17-18-7-9-19(10-8-18)22-5-3-4-6-25(22)38(31,36)37/h3-10,12,14-15,23H,11,13,16-17,30H2,1-2H3,(H,32,34)(H2,31,36,37)/t23-/m1/s1. The molecule has 0 saturated heterocycles. The van der Waals surface area contributed by atoms with E-state index in [9.17, 15) is 22.4 Å². The number of anilines is 1. The Morgan fingerprint density at radius 1 is 1.11 bits per heavy atom. The Kier molecular flexibility index (Phi) is 7.68. The minimum Gasteiger partial charge on any atom is -0.344 e. The van der Waals surface area contributed by atoms with Crippen molar-refractivity contribution in [1.29, 1.82) is 0 Å². The van der Waals surface area contributed by atoms with Crippen molar-refractivity contribution in [2.45, 2.75) is 56.1 Å². The number of carbonyl (C=O) groups is 2. The number of aryl methyl sites for hydroxylation is 1. The molecule has 3 aromatic carbocycles. The molecule has 0 bridgehead atoms. The number of hydrogen-bond acceptors (Lipinski definition) is 5. The third-order valence-corrected chi connectivity index (χ3v) is 7.32. The van der Waals surface area contributed by atoms with Crippen LogP contribution in [-0.2, 0) is 32.6 Å². The van der Waals surface area contributed by atoms with Crippen LogP contribution in [0.5, 0.6) is 0 Å². The normalized spacial score (nSPS) is 16.1. The molecule has 5 N–H and O–H groups in total. The highest BCUT2D eigenvalue weighted by Gasteiger charge is 2.32. The first-order valence-corrected chi connectivity index (χ1v) is 13.8. The zero-order valence-electron chi connectivity index (χ0n) is 21.3. The van der Waals surface area contributed by atoms with Crippen LogP contribution in [0.25, 0.3) is 11.1 Å². The van der Waals surface area contributed by atoms with E-state index in [0.29, 0.717) is 35.2 Å². The van der Waals surface area contributed by atoms with Gasteiger partial charge in [-0.15, -0.1) is 0 Å². The van der Waals surface area contributed by atoms with Crippen LogP contribution in [0.2, 0.25) is 0 Å². The zero-order valence-corrected chi connectivity index (χ0v) is 22.1. The van der Waals surface area contributed by atoms with Crippen LogP contribution in [0.15, 0.2) is 71.6 Å². The number of amides is 2. The Bertz CT molecular complexity index is 1470. The molecule has 1 aliphatic heterocycles. The summed E-state index contributed by atoms with van der Waals surface area (Å²) < 4.78 is 38.1. The monoisotopic (exact) mass is 538 g/mol. The summed E-state index contributed by atoms with van der Waals surface area (Å²) in [6.45, 7) is 3.64. The number of nitrogens with one attached hydrogen (secondary N) is 1. The molecule has 0 aromatic heterocycles. The van der Waals surface area contributed by atoms with Crippen molar-refractivity contribution in [3.05, 3.63) is 83.7 Å². The first kappa shape index (κ1) is 27.4. The minimum atomic E-state index is -3.92. The maximum Gasteiger partial charge on any atom is 0.249 e. The molecule has 0 spiro atoms. The lowest BCUT2D eigenvalue weighted by Crippen LogP contribution is -2.49. The van der Waals surface area contributed by atoms with Crippen LogP contribution in [-0.4, -0.2) is 31.8 Å². The Labute approximate surface area is 221 Å². The second kappa shape index (κ2) is 10.6. The van der Waals surface area contributed by atoms with Crippen molar-refractivity contribution in [1.82, 2.24) is 5.32 Å². The summed E-state index contributed by atoms with van der Waals surface area (Å²) in [5.41, 5.74) is 8.38. The number of nitrogens with zero attached hydrogens (tertiary/aromatic N) is 1. The number of carbonyl (C=O) groups excluding carboxylic acids is 2. The molecular formula is C28H31FN4O4S. The summed E-state index contributed by atoms with van der Waals surface area (Å²) in [6, 6.07) is 17.1. The summed E-state index contributed by atoms with van der Waals surface area (Å²) in [4.78, 5) is 27.8. The fraction of sp³-hybridized carbons (Fsp3) is 0.286. The number of hydrogen-bond donors (Lipinski definition) is 3. The summed E-state index contributed by atoms with van der Waals surface area (Å²) in [5.74, 6) is -1.03. The summed E-state index contributed by atoms with van der Waals surface area (Å²) >= 11 is 0. The van der Waals surface area contributed by atoms with Crippen molar-refractivity contribution in [2.24, 2.45) is 10.9 Å². The van der Waals surface area contributed by atoms with E-state index in [4.69, 9.17) is 10.9 Å². The summed E-state index contributed by atoms with van der Waals surface area (Å²) in [6.07, 6.45) is 0.793. The van der Waals surface area contributed by atoms with Crippen molar-refractivity contribution >= 4 is 27.5 Å². The lowest BCUT2D eigenvalue weighted by atomic mass is 10.0. The fourth-order valence-corrected chi connectivity index (χ4v) is 5.39. The molecule has 10 heteroatoms. The number of fused-ring (bicyclic) bond motifs is 1. The predicted octanol–water partition coefficient (Wildman–Crippen LogP) is 3.23. The molecule has 2 amide bonds. The Morgan fingerprint density at radius 2 is 1.79 bits per heavy atom. The van der Waals surface area contributed by atoms with Crippen LogP contribution < -0.4 is 21.1 Å². The quantitative estimate of drug-likeness (QED) is 0.424. The average Bonchev–Trinajstić information content (AvgIpc) is 2.95. The van der Waals surface area contributed by atoms with Crippen molar-refractivity contribution in [3.63, 3.8) is 0 Å². The largest absolute Gasteiger partial charge is 0.344 e. The molecule has 8 nitrogen and oxygen atoms in total. The van der Waals surface area contributed by atoms with Crippen molar-refractivity contribution < 1.29 is 22.4 Å². The lowest BCUT2D eigenvalue weighted by Gasteiger charge is -2.27. The number of benzene rings is 3. The summed E-state index contributed by atoms with van der Waals surface area (Å²) in [7, 11) is -3.92. The molecule has 0 unspecified atom stereocenters. The Hall–Kier alpha value is -3.60. The molecule has 1 atom stereocenters. The van der Waals surface area contributed by atoms with Crippen LogP contribution in [0.1, 0.15) is 37.8 Å². The maximum atomic E-state index is 14.1. The van der Waals surface area contributed by atoms with E-state index in [1.165, 1.54) is 18.2 Å². The molecule has 0 radical (unpaired) electrons. The van der Waals surface area contributed by atoms with Crippen molar-refractivity contribution in [2.75, 3.05) is 4.90 Å². The smallest absolute Gasteiger partial charge is 0.249 e. The number of nitrogens with two attached hydrogens (primary N) is 2. The Morgan fingerprint density at radius 3 is 2.45 bits per heavy atom. The average molecular weight is 539 g/mol. The van der Waals surface area contributed by atoms with Crippen LogP contribution in [0, 0.1) is 5.82 Å². The van der Waals surface area contributed by atoms with E-state index >= 15 is 0 Å². The Balaban J connectivity index is 1.63. The van der Waals surface area contributed by atoms with Gasteiger partial charge in [0.2, 0.25) is 21.8 Å². The first-order chi connectivity index (χ1) is 17.8. The molecule has 1 aliphatic rings. The molecule has 0 fully saturated rings. The zero-order chi connectivity index (χ0) is 27.7.